The second-order valence-electron chi connectivity index (χ2n) is 5.41. The summed E-state index contributed by atoms with van der Waals surface area (Å²) >= 11 is 0. The molecule has 0 spiro atoms. The summed E-state index contributed by atoms with van der Waals surface area (Å²) in [5.41, 5.74) is 13.5. The highest BCUT2D eigenvalue weighted by molar-refractivity contribution is 5.80. The minimum Gasteiger partial charge on any atom is -0.396 e. The lowest BCUT2D eigenvalue weighted by Crippen LogP contribution is -2.54. The van der Waals surface area contributed by atoms with Crippen molar-refractivity contribution in [3.8, 4) is 0 Å². The van der Waals surface area contributed by atoms with E-state index in [0.29, 0.717) is 31.9 Å². The van der Waals surface area contributed by atoms with Gasteiger partial charge in [-0.05, 0) is 13.8 Å². The third-order valence-electron chi connectivity index (χ3n) is 3.83. The van der Waals surface area contributed by atoms with Crippen LogP contribution >= 0.6 is 0 Å². The molecule has 1 aromatic rings. The fraction of sp³-hybridized carbons (Fsp3) is 0.692. The molecular formula is C13H23N5O3. The van der Waals surface area contributed by atoms with Crippen LogP contribution in [0.4, 0.5) is 5.69 Å². The zero-order chi connectivity index (χ0) is 15.6. The molecule has 1 amide bonds. The maximum atomic E-state index is 11.4. The van der Waals surface area contributed by atoms with E-state index in [-0.39, 0.29) is 6.61 Å². The van der Waals surface area contributed by atoms with Gasteiger partial charge in [0.25, 0.3) is 0 Å². The number of hydrogen-bond donors (Lipinski definition) is 3. The van der Waals surface area contributed by atoms with Crippen LogP contribution in [0.15, 0.2) is 0 Å². The Balaban J connectivity index is 1.98. The number of ether oxygens (including phenoxy) is 1. The van der Waals surface area contributed by atoms with E-state index in [0.717, 1.165) is 11.4 Å². The van der Waals surface area contributed by atoms with Crippen molar-refractivity contribution in [2.45, 2.75) is 32.5 Å². The number of aryl methyl sites for hydroxylation is 1. The fourth-order valence-corrected chi connectivity index (χ4v) is 2.54. The molecule has 0 aliphatic carbocycles. The highest BCUT2D eigenvalue weighted by atomic mass is 16.5. The number of aliphatic hydroxyl groups is 1. The monoisotopic (exact) mass is 297 g/mol. The Hall–Kier alpha value is -1.64. The standard InChI is InChI=1S/C13H23N5O3/c1-8-12(14)9(2)18(16-8)6-10(19)5-17-3-4-21-7-11(17)13(15)20/h10-11,19H,3-7,14H2,1-2H3,(H2,15,20). The summed E-state index contributed by atoms with van der Waals surface area (Å²) < 4.78 is 6.94. The first kappa shape index (κ1) is 15.7. The first-order chi connectivity index (χ1) is 9.90. The minimum absolute atomic E-state index is 0.273. The minimum atomic E-state index is -0.664. The molecular weight excluding hydrogens is 274 g/mol. The largest absolute Gasteiger partial charge is 0.396 e. The van der Waals surface area contributed by atoms with E-state index in [9.17, 15) is 9.90 Å². The van der Waals surface area contributed by atoms with Gasteiger partial charge in [0.1, 0.15) is 6.04 Å². The Morgan fingerprint density at radius 2 is 2.24 bits per heavy atom. The van der Waals surface area contributed by atoms with E-state index in [1.807, 2.05) is 18.7 Å². The van der Waals surface area contributed by atoms with Gasteiger partial charge in [0, 0.05) is 13.1 Å². The van der Waals surface area contributed by atoms with Gasteiger partial charge in [0.2, 0.25) is 5.91 Å². The number of carbonyl (C=O) groups excluding carboxylic acids is 1. The topological polar surface area (TPSA) is 120 Å². The van der Waals surface area contributed by atoms with E-state index >= 15 is 0 Å². The zero-order valence-corrected chi connectivity index (χ0v) is 12.5. The van der Waals surface area contributed by atoms with Crippen LogP contribution in [0.5, 0.6) is 0 Å². The molecule has 0 radical (unpaired) electrons. The molecule has 1 aliphatic rings. The third-order valence-corrected chi connectivity index (χ3v) is 3.83. The average molecular weight is 297 g/mol. The van der Waals surface area contributed by atoms with Crippen LogP contribution < -0.4 is 11.5 Å². The number of rotatable bonds is 5. The van der Waals surface area contributed by atoms with E-state index in [2.05, 4.69) is 5.10 Å². The number of hydrogen-bond acceptors (Lipinski definition) is 6. The molecule has 2 unspecified atom stereocenters. The van der Waals surface area contributed by atoms with Gasteiger partial charge in [-0.25, -0.2) is 0 Å². The molecule has 2 rings (SSSR count). The number of amides is 1. The summed E-state index contributed by atoms with van der Waals surface area (Å²) in [5, 5.41) is 14.5. The van der Waals surface area contributed by atoms with Crippen molar-refractivity contribution in [1.29, 1.82) is 0 Å². The molecule has 0 aromatic carbocycles. The molecule has 1 saturated heterocycles. The van der Waals surface area contributed by atoms with Gasteiger partial charge in [-0.1, -0.05) is 0 Å². The Morgan fingerprint density at radius 3 is 2.81 bits per heavy atom. The predicted octanol–water partition coefficient (Wildman–Crippen LogP) is -1.37. The van der Waals surface area contributed by atoms with Gasteiger partial charge in [0.05, 0.1) is 42.9 Å². The van der Waals surface area contributed by atoms with Crippen LogP contribution in [0.2, 0.25) is 0 Å². The van der Waals surface area contributed by atoms with Crippen molar-refractivity contribution in [3.05, 3.63) is 11.4 Å². The summed E-state index contributed by atoms with van der Waals surface area (Å²) in [6.45, 7) is 5.74. The highest BCUT2D eigenvalue weighted by Crippen LogP contribution is 2.15. The average Bonchev–Trinajstić information content (AvgIpc) is 2.66. The van der Waals surface area contributed by atoms with Crippen LogP contribution in [0, 0.1) is 13.8 Å². The quantitative estimate of drug-likeness (QED) is 0.617. The van der Waals surface area contributed by atoms with E-state index in [1.165, 1.54) is 0 Å². The number of morpholine rings is 1. The Bertz CT molecular complexity index is 516. The second kappa shape index (κ2) is 6.42. The molecule has 8 nitrogen and oxygen atoms in total. The van der Waals surface area contributed by atoms with Gasteiger partial charge in [0.15, 0.2) is 0 Å². The summed E-state index contributed by atoms with van der Waals surface area (Å²) in [7, 11) is 0. The van der Waals surface area contributed by atoms with Gasteiger partial charge < -0.3 is 21.3 Å². The van der Waals surface area contributed by atoms with Crippen LogP contribution in [-0.2, 0) is 16.1 Å². The number of aliphatic hydroxyl groups excluding tert-OH is 1. The third kappa shape index (κ3) is 3.52. The number of primary amides is 1. The molecule has 1 fully saturated rings. The molecule has 1 aromatic heterocycles. The molecule has 1 aliphatic heterocycles. The van der Waals surface area contributed by atoms with Gasteiger partial charge in [-0.3, -0.25) is 14.4 Å². The second-order valence-corrected chi connectivity index (χ2v) is 5.41. The maximum absolute atomic E-state index is 11.4. The van der Waals surface area contributed by atoms with Crippen molar-refractivity contribution in [1.82, 2.24) is 14.7 Å². The molecule has 2 heterocycles. The van der Waals surface area contributed by atoms with Crippen molar-refractivity contribution >= 4 is 11.6 Å². The lowest BCUT2D eigenvalue weighted by molar-refractivity contribution is -0.130. The molecule has 2 atom stereocenters. The molecule has 0 saturated carbocycles. The number of carbonyl (C=O) groups is 1. The summed E-state index contributed by atoms with van der Waals surface area (Å²) in [4.78, 5) is 13.2. The highest BCUT2D eigenvalue weighted by Gasteiger charge is 2.29. The lowest BCUT2D eigenvalue weighted by Gasteiger charge is -2.34. The van der Waals surface area contributed by atoms with Crippen molar-refractivity contribution in [2.24, 2.45) is 5.73 Å². The Kier molecular flexibility index (Phi) is 4.81. The molecule has 0 bridgehead atoms. The van der Waals surface area contributed by atoms with Crippen LogP contribution in [0.25, 0.3) is 0 Å². The molecule has 5 N–H and O–H groups in total. The van der Waals surface area contributed by atoms with E-state index in [4.69, 9.17) is 16.2 Å². The number of nitrogens with zero attached hydrogens (tertiary/aromatic N) is 3. The number of anilines is 1. The first-order valence-corrected chi connectivity index (χ1v) is 6.98. The van der Waals surface area contributed by atoms with Gasteiger partial charge in [-0.15, -0.1) is 0 Å². The van der Waals surface area contributed by atoms with E-state index < -0.39 is 18.1 Å². The SMILES string of the molecule is Cc1nn(CC(O)CN2CCOCC2C(N)=O)c(C)c1N. The van der Waals surface area contributed by atoms with E-state index in [1.54, 1.807) is 4.68 Å². The van der Waals surface area contributed by atoms with Gasteiger partial charge >= 0.3 is 0 Å². The number of nitrogen functional groups attached to an aromatic ring is 1. The summed E-state index contributed by atoms with van der Waals surface area (Å²) in [6, 6.07) is -0.487. The van der Waals surface area contributed by atoms with Crippen LogP contribution in [0.3, 0.4) is 0 Å². The summed E-state index contributed by atoms with van der Waals surface area (Å²) in [5.74, 6) is -0.433. The van der Waals surface area contributed by atoms with Crippen molar-refractivity contribution < 1.29 is 14.6 Å². The predicted molar refractivity (Wildman–Crippen MR) is 77.5 cm³/mol. The van der Waals surface area contributed by atoms with Gasteiger partial charge in [-0.2, -0.15) is 5.10 Å². The van der Waals surface area contributed by atoms with Crippen LogP contribution in [0.1, 0.15) is 11.4 Å². The maximum Gasteiger partial charge on any atom is 0.237 e. The molecule has 21 heavy (non-hydrogen) atoms. The zero-order valence-electron chi connectivity index (χ0n) is 12.5. The molecule has 118 valence electrons. The number of aromatic nitrogens is 2. The molecule has 8 heteroatoms. The Labute approximate surface area is 123 Å². The number of nitrogens with two attached hydrogens (primary N) is 2. The fourth-order valence-electron chi connectivity index (χ4n) is 2.54. The smallest absolute Gasteiger partial charge is 0.237 e. The normalized spacial score (nSPS) is 21.4. The van der Waals surface area contributed by atoms with Crippen molar-refractivity contribution in [2.75, 3.05) is 32.0 Å². The van der Waals surface area contributed by atoms with Crippen molar-refractivity contribution in [3.63, 3.8) is 0 Å². The Morgan fingerprint density at radius 1 is 1.52 bits per heavy atom. The first-order valence-electron chi connectivity index (χ1n) is 6.98. The lowest BCUT2D eigenvalue weighted by atomic mass is 10.2. The summed E-state index contributed by atoms with van der Waals surface area (Å²) in [6.07, 6.45) is -0.664. The number of β-amino-alcohol motifs (C(OH)–C–C–N with tert-alkyl or cyclic N) is 1. The van der Waals surface area contributed by atoms with Crippen LogP contribution in [-0.4, -0.2) is 64.1 Å².